The normalized spacial score (nSPS) is 13.0. The maximum atomic E-state index is 12.5. The summed E-state index contributed by atoms with van der Waals surface area (Å²) in [5.74, 6) is -0.00977. The van der Waals surface area contributed by atoms with Crippen LogP contribution >= 0.6 is 11.3 Å². The minimum absolute atomic E-state index is 0.00977. The van der Waals surface area contributed by atoms with Gasteiger partial charge in [-0.2, -0.15) is 11.3 Å². The summed E-state index contributed by atoms with van der Waals surface area (Å²) in [6, 6.07) is 8.11. The third-order valence-electron chi connectivity index (χ3n) is 3.86. The Kier molecular flexibility index (Phi) is 5.77. The number of hydrogen-bond donors (Lipinski definition) is 2. The molecule has 8 heteroatoms. The predicted octanol–water partition coefficient (Wildman–Crippen LogP) is 2.44. The Bertz CT molecular complexity index is 1000. The number of hydrogen-bond acceptors (Lipinski definition) is 6. The zero-order valence-electron chi connectivity index (χ0n) is 14.2. The molecule has 2 heterocycles. The summed E-state index contributed by atoms with van der Waals surface area (Å²) >= 11 is 1.47. The Labute approximate surface area is 156 Å². The number of ketones is 1. The summed E-state index contributed by atoms with van der Waals surface area (Å²) in [6.07, 6.45) is 3.32. The largest absolute Gasteiger partial charge is 0.308 e. The van der Waals surface area contributed by atoms with Gasteiger partial charge >= 0.3 is 0 Å². The highest BCUT2D eigenvalue weighted by atomic mass is 32.2. The van der Waals surface area contributed by atoms with Crippen LogP contribution in [0.4, 0.5) is 0 Å². The molecule has 0 aliphatic heterocycles. The zero-order valence-corrected chi connectivity index (χ0v) is 15.8. The van der Waals surface area contributed by atoms with Gasteiger partial charge < -0.3 is 5.32 Å². The first-order valence-electron chi connectivity index (χ1n) is 8.08. The summed E-state index contributed by atoms with van der Waals surface area (Å²) < 4.78 is 27.7. The van der Waals surface area contributed by atoms with Gasteiger partial charge in [-0.3, -0.25) is 9.78 Å². The molecular formula is C18H19N3O3S2. The van der Waals surface area contributed by atoms with E-state index in [1.165, 1.54) is 11.3 Å². The number of benzene rings is 1. The van der Waals surface area contributed by atoms with Gasteiger partial charge in [0.2, 0.25) is 10.0 Å². The lowest BCUT2D eigenvalue weighted by Gasteiger charge is -2.15. The average molecular weight is 390 g/mol. The quantitative estimate of drug-likeness (QED) is 0.578. The summed E-state index contributed by atoms with van der Waals surface area (Å²) in [4.78, 5) is 16.1. The van der Waals surface area contributed by atoms with E-state index in [4.69, 9.17) is 0 Å². The zero-order chi connectivity index (χ0) is 18.6. The van der Waals surface area contributed by atoms with Crippen LogP contribution in [0.2, 0.25) is 0 Å². The van der Waals surface area contributed by atoms with E-state index < -0.39 is 10.0 Å². The molecule has 0 spiro atoms. The van der Waals surface area contributed by atoms with Crippen LogP contribution in [0.25, 0.3) is 10.8 Å². The monoisotopic (exact) mass is 389 g/mol. The standard InChI is InChI=1S/C18H19N3O3S2/c1-13(9-20-11-18(22)16-5-7-25-12-16)21-26(23,24)17-3-2-15-10-19-6-4-14(15)8-17/h2-8,10,12-13,20-21H,9,11H2,1H3. The SMILES string of the molecule is CC(CNCC(=O)c1ccsc1)NS(=O)(=O)c1ccc2cnccc2c1. The van der Waals surface area contributed by atoms with Crippen LogP contribution in [0, 0.1) is 0 Å². The molecule has 3 rings (SSSR count). The highest BCUT2D eigenvalue weighted by molar-refractivity contribution is 7.89. The lowest BCUT2D eigenvalue weighted by atomic mass is 10.2. The Morgan fingerprint density at radius 2 is 2.08 bits per heavy atom. The second-order valence-corrected chi connectivity index (χ2v) is 8.47. The molecule has 0 amide bonds. The minimum atomic E-state index is -3.64. The van der Waals surface area contributed by atoms with Crippen molar-refractivity contribution in [1.82, 2.24) is 15.0 Å². The maximum absolute atomic E-state index is 12.5. The van der Waals surface area contributed by atoms with Crippen molar-refractivity contribution in [3.63, 3.8) is 0 Å². The fraction of sp³-hybridized carbons (Fsp3) is 0.222. The summed E-state index contributed by atoms with van der Waals surface area (Å²) in [7, 11) is -3.64. The first-order valence-corrected chi connectivity index (χ1v) is 10.5. The summed E-state index contributed by atoms with van der Waals surface area (Å²) in [5.41, 5.74) is 0.668. The Morgan fingerprint density at radius 3 is 2.85 bits per heavy atom. The van der Waals surface area contributed by atoms with E-state index in [9.17, 15) is 13.2 Å². The number of carbonyl (C=O) groups excluding carboxylic acids is 1. The number of thiophene rings is 1. The third-order valence-corrected chi connectivity index (χ3v) is 6.13. The van der Waals surface area contributed by atoms with Crippen LogP contribution in [0.3, 0.4) is 0 Å². The number of fused-ring (bicyclic) bond motifs is 1. The Morgan fingerprint density at radius 1 is 1.23 bits per heavy atom. The first-order chi connectivity index (χ1) is 12.5. The van der Waals surface area contributed by atoms with Crippen molar-refractivity contribution in [3.05, 3.63) is 59.0 Å². The predicted molar refractivity (Wildman–Crippen MR) is 103 cm³/mol. The van der Waals surface area contributed by atoms with Gasteiger partial charge in [0.25, 0.3) is 0 Å². The van der Waals surface area contributed by atoms with Gasteiger partial charge in [-0.25, -0.2) is 13.1 Å². The number of sulfonamides is 1. The second-order valence-electron chi connectivity index (χ2n) is 5.97. The van der Waals surface area contributed by atoms with Crippen molar-refractivity contribution in [2.45, 2.75) is 17.9 Å². The number of Topliss-reactive ketones (excluding diaryl/α,β-unsaturated/α-hetero) is 1. The minimum Gasteiger partial charge on any atom is -0.308 e. The molecule has 0 bridgehead atoms. The third kappa shape index (κ3) is 4.53. The van der Waals surface area contributed by atoms with Crippen LogP contribution in [-0.4, -0.2) is 38.3 Å². The van der Waals surface area contributed by atoms with Gasteiger partial charge in [0, 0.05) is 41.3 Å². The smallest absolute Gasteiger partial charge is 0.240 e. The van der Waals surface area contributed by atoms with E-state index in [0.717, 1.165) is 10.8 Å². The fourth-order valence-electron chi connectivity index (χ4n) is 2.53. The van der Waals surface area contributed by atoms with Crippen molar-refractivity contribution in [2.75, 3.05) is 13.1 Å². The van der Waals surface area contributed by atoms with Gasteiger partial charge in [-0.15, -0.1) is 0 Å². The number of nitrogens with one attached hydrogen (secondary N) is 2. The van der Waals surface area contributed by atoms with E-state index in [2.05, 4.69) is 15.0 Å². The number of carbonyl (C=O) groups is 1. The van der Waals surface area contributed by atoms with E-state index in [0.29, 0.717) is 12.1 Å². The van der Waals surface area contributed by atoms with E-state index in [1.54, 1.807) is 55.0 Å². The molecule has 0 radical (unpaired) electrons. The van der Waals surface area contributed by atoms with Crippen molar-refractivity contribution < 1.29 is 13.2 Å². The summed E-state index contributed by atoms with van der Waals surface area (Å²) in [5, 5.41) is 8.34. The van der Waals surface area contributed by atoms with Crippen molar-refractivity contribution in [1.29, 1.82) is 0 Å². The van der Waals surface area contributed by atoms with Crippen molar-refractivity contribution in [2.24, 2.45) is 0 Å². The van der Waals surface area contributed by atoms with Crippen LogP contribution in [0.1, 0.15) is 17.3 Å². The molecular weight excluding hydrogens is 370 g/mol. The fourth-order valence-corrected chi connectivity index (χ4v) is 4.47. The van der Waals surface area contributed by atoms with Crippen molar-refractivity contribution in [3.8, 4) is 0 Å². The topological polar surface area (TPSA) is 88.2 Å². The molecule has 2 aromatic heterocycles. The van der Waals surface area contributed by atoms with Crippen LogP contribution in [0.15, 0.2) is 58.4 Å². The van der Waals surface area contributed by atoms with Crippen LogP contribution in [0.5, 0.6) is 0 Å². The molecule has 0 aliphatic rings. The highest BCUT2D eigenvalue weighted by Gasteiger charge is 2.18. The molecule has 6 nitrogen and oxygen atoms in total. The number of pyridine rings is 1. The molecule has 3 aromatic rings. The summed E-state index contributed by atoms with van der Waals surface area (Å²) in [6.45, 7) is 2.28. The first kappa shape index (κ1) is 18.7. The van der Waals surface area contributed by atoms with E-state index in [-0.39, 0.29) is 23.3 Å². The molecule has 0 aliphatic carbocycles. The molecule has 1 aromatic carbocycles. The van der Waals surface area contributed by atoms with Crippen LogP contribution in [-0.2, 0) is 10.0 Å². The second kappa shape index (κ2) is 8.05. The molecule has 1 unspecified atom stereocenters. The van der Waals surface area contributed by atoms with E-state index >= 15 is 0 Å². The maximum Gasteiger partial charge on any atom is 0.240 e. The number of nitrogens with zero attached hydrogens (tertiary/aromatic N) is 1. The molecule has 1 atom stereocenters. The average Bonchev–Trinajstić information content (AvgIpc) is 3.15. The molecule has 0 saturated heterocycles. The molecule has 26 heavy (non-hydrogen) atoms. The molecule has 0 fully saturated rings. The van der Waals surface area contributed by atoms with E-state index in [1.807, 2.05) is 5.38 Å². The lowest BCUT2D eigenvalue weighted by Crippen LogP contribution is -2.41. The van der Waals surface area contributed by atoms with Gasteiger partial charge in [0.05, 0.1) is 11.4 Å². The van der Waals surface area contributed by atoms with Gasteiger partial charge in [0.15, 0.2) is 5.78 Å². The molecule has 0 saturated carbocycles. The van der Waals surface area contributed by atoms with Gasteiger partial charge in [-0.05, 0) is 42.0 Å². The Balaban J connectivity index is 1.58. The van der Waals surface area contributed by atoms with Crippen LogP contribution < -0.4 is 10.0 Å². The lowest BCUT2D eigenvalue weighted by molar-refractivity contribution is 0.0991. The molecule has 2 N–H and O–H groups in total. The van der Waals surface area contributed by atoms with Gasteiger partial charge in [0.1, 0.15) is 0 Å². The Hall–Kier alpha value is -2.13. The number of aromatic nitrogens is 1. The van der Waals surface area contributed by atoms with Gasteiger partial charge in [-0.1, -0.05) is 6.07 Å². The highest BCUT2D eigenvalue weighted by Crippen LogP contribution is 2.18. The number of rotatable bonds is 8. The molecule has 136 valence electrons. The van der Waals surface area contributed by atoms with Crippen molar-refractivity contribution >= 4 is 37.9 Å².